The summed E-state index contributed by atoms with van der Waals surface area (Å²) in [4.78, 5) is 12.0. The van der Waals surface area contributed by atoms with E-state index in [9.17, 15) is 9.90 Å². The van der Waals surface area contributed by atoms with Crippen molar-refractivity contribution in [3.05, 3.63) is 59.7 Å². The molecular weight excluding hydrogens is 338 g/mol. The maximum Gasteiger partial charge on any atom is 0.239 e. The number of amidine groups is 1. The molecular formula is C18H17N3O3S. The number of carbonyl (C=O) groups is 1. The molecule has 2 N–H and O–H groups in total. The lowest BCUT2D eigenvalue weighted by Gasteiger charge is -2.04. The predicted octanol–water partition coefficient (Wildman–Crippen LogP) is 2.57. The summed E-state index contributed by atoms with van der Waals surface area (Å²) in [5.74, 6) is 0.366. The number of methoxy groups -OCH3 is 1. The number of nitrogens with zero attached hydrogens (tertiary/aromatic N) is 2. The standard InChI is InChI=1S/C18H17N3O3S/c1-24-15-9-13(7-8-14(15)22)11-19-21-18-20-17(23)16(25-18)10-12-5-3-2-4-6-12/h2-9,11,16,22H,10H2,1H3,(H,20,21,23). The van der Waals surface area contributed by atoms with Crippen LogP contribution in [0.15, 0.2) is 58.7 Å². The van der Waals surface area contributed by atoms with E-state index in [0.29, 0.717) is 17.3 Å². The maximum atomic E-state index is 12.0. The fourth-order valence-electron chi connectivity index (χ4n) is 2.34. The van der Waals surface area contributed by atoms with E-state index in [1.165, 1.54) is 31.2 Å². The molecule has 0 aliphatic carbocycles. The van der Waals surface area contributed by atoms with Crippen molar-refractivity contribution in [2.45, 2.75) is 11.7 Å². The number of amides is 1. The second kappa shape index (κ2) is 7.85. The van der Waals surface area contributed by atoms with Crippen molar-refractivity contribution in [3.8, 4) is 11.5 Å². The molecule has 7 heteroatoms. The summed E-state index contributed by atoms with van der Waals surface area (Å²) in [6, 6.07) is 14.7. The average molecular weight is 355 g/mol. The van der Waals surface area contributed by atoms with Gasteiger partial charge in [0, 0.05) is 0 Å². The predicted molar refractivity (Wildman–Crippen MR) is 99.4 cm³/mol. The summed E-state index contributed by atoms with van der Waals surface area (Å²) in [5.41, 5.74) is 1.84. The quantitative estimate of drug-likeness (QED) is 0.638. The number of benzene rings is 2. The van der Waals surface area contributed by atoms with Crippen LogP contribution in [-0.2, 0) is 11.2 Å². The summed E-state index contributed by atoms with van der Waals surface area (Å²) in [6.07, 6.45) is 2.18. The zero-order valence-electron chi connectivity index (χ0n) is 13.5. The monoisotopic (exact) mass is 355 g/mol. The fourth-order valence-corrected chi connectivity index (χ4v) is 3.30. The van der Waals surface area contributed by atoms with E-state index < -0.39 is 0 Å². The lowest BCUT2D eigenvalue weighted by Crippen LogP contribution is -2.25. The van der Waals surface area contributed by atoms with Crippen molar-refractivity contribution in [2.24, 2.45) is 10.2 Å². The molecule has 1 fully saturated rings. The SMILES string of the molecule is COc1cc(C=NN=C2NC(=O)C(Cc3ccccc3)S2)ccc1O. The molecule has 1 unspecified atom stereocenters. The molecule has 6 nitrogen and oxygen atoms in total. The van der Waals surface area contributed by atoms with Crippen LogP contribution >= 0.6 is 11.8 Å². The molecule has 0 spiro atoms. The van der Waals surface area contributed by atoms with Crippen LogP contribution in [-0.4, -0.2) is 34.8 Å². The summed E-state index contributed by atoms with van der Waals surface area (Å²) < 4.78 is 5.04. The number of carbonyl (C=O) groups excluding carboxylic acids is 1. The van der Waals surface area contributed by atoms with E-state index in [2.05, 4.69) is 15.5 Å². The van der Waals surface area contributed by atoms with E-state index in [-0.39, 0.29) is 16.9 Å². The summed E-state index contributed by atoms with van der Waals surface area (Å²) in [6.45, 7) is 0. The fraction of sp³-hybridized carbons (Fsp3) is 0.167. The van der Waals surface area contributed by atoms with Gasteiger partial charge < -0.3 is 15.2 Å². The minimum Gasteiger partial charge on any atom is -0.504 e. The molecule has 3 rings (SSSR count). The summed E-state index contributed by atoms with van der Waals surface area (Å²) in [5, 5.41) is 20.6. The molecule has 25 heavy (non-hydrogen) atoms. The molecule has 1 saturated heterocycles. The van der Waals surface area contributed by atoms with Crippen molar-refractivity contribution in [2.75, 3.05) is 7.11 Å². The van der Waals surface area contributed by atoms with Crippen LogP contribution in [0.1, 0.15) is 11.1 Å². The van der Waals surface area contributed by atoms with Gasteiger partial charge in [-0.05, 0) is 35.7 Å². The molecule has 1 heterocycles. The zero-order valence-corrected chi connectivity index (χ0v) is 14.4. The highest BCUT2D eigenvalue weighted by Crippen LogP contribution is 2.26. The summed E-state index contributed by atoms with van der Waals surface area (Å²) in [7, 11) is 1.48. The van der Waals surface area contributed by atoms with Gasteiger partial charge >= 0.3 is 0 Å². The van der Waals surface area contributed by atoms with Crippen molar-refractivity contribution in [1.29, 1.82) is 0 Å². The molecule has 1 amide bonds. The molecule has 128 valence electrons. The molecule has 1 aliphatic heterocycles. The topological polar surface area (TPSA) is 83.3 Å². The Morgan fingerprint density at radius 2 is 2.08 bits per heavy atom. The normalized spacial score (nSPS) is 18.7. The number of nitrogens with one attached hydrogen (secondary N) is 1. The van der Waals surface area contributed by atoms with Crippen LogP contribution in [0.5, 0.6) is 11.5 Å². The van der Waals surface area contributed by atoms with Gasteiger partial charge in [-0.25, -0.2) is 0 Å². The van der Waals surface area contributed by atoms with Crippen molar-refractivity contribution in [3.63, 3.8) is 0 Å². The molecule has 0 bridgehead atoms. The van der Waals surface area contributed by atoms with E-state index in [1.54, 1.807) is 12.1 Å². The van der Waals surface area contributed by atoms with Gasteiger partial charge in [-0.2, -0.15) is 5.10 Å². The largest absolute Gasteiger partial charge is 0.504 e. The molecule has 1 aliphatic rings. The number of hydrogen-bond donors (Lipinski definition) is 2. The van der Waals surface area contributed by atoms with Crippen LogP contribution in [0.2, 0.25) is 0 Å². The molecule has 1 atom stereocenters. The van der Waals surface area contributed by atoms with E-state index in [1.807, 2.05) is 30.3 Å². The summed E-state index contributed by atoms with van der Waals surface area (Å²) >= 11 is 1.37. The van der Waals surface area contributed by atoms with Crippen LogP contribution in [0.3, 0.4) is 0 Å². The number of aromatic hydroxyl groups is 1. The molecule has 0 aromatic heterocycles. The van der Waals surface area contributed by atoms with Gasteiger partial charge in [0.2, 0.25) is 5.91 Å². The Labute approximate surface area is 149 Å². The molecule has 0 radical (unpaired) electrons. The number of phenols is 1. The third-order valence-electron chi connectivity index (χ3n) is 3.60. The molecule has 2 aromatic carbocycles. The number of thioether (sulfide) groups is 1. The Morgan fingerprint density at radius 3 is 2.84 bits per heavy atom. The third-order valence-corrected chi connectivity index (χ3v) is 4.67. The smallest absolute Gasteiger partial charge is 0.239 e. The van der Waals surface area contributed by atoms with Crippen LogP contribution < -0.4 is 10.1 Å². The molecule has 0 saturated carbocycles. The van der Waals surface area contributed by atoms with Gasteiger partial charge in [0.05, 0.1) is 18.6 Å². The number of rotatable bonds is 5. The van der Waals surface area contributed by atoms with Crippen LogP contribution in [0.4, 0.5) is 0 Å². The first-order valence-electron chi connectivity index (χ1n) is 7.65. The van der Waals surface area contributed by atoms with Gasteiger partial charge in [0.1, 0.15) is 0 Å². The van der Waals surface area contributed by atoms with Crippen molar-refractivity contribution >= 4 is 29.1 Å². The van der Waals surface area contributed by atoms with E-state index in [4.69, 9.17) is 4.74 Å². The van der Waals surface area contributed by atoms with E-state index in [0.717, 1.165) is 11.1 Å². The first-order valence-corrected chi connectivity index (χ1v) is 8.53. The van der Waals surface area contributed by atoms with Gasteiger partial charge in [-0.3, -0.25) is 4.79 Å². The average Bonchev–Trinajstić information content (AvgIpc) is 2.97. The highest BCUT2D eigenvalue weighted by Gasteiger charge is 2.30. The van der Waals surface area contributed by atoms with Gasteiger partial charge in [-0.1, -0.05) is 42.1 Å². The van der Waals surface area contributed by atoms with Crippen LogP contribution in [0.25, 0.3) is 0 Å². The highest BCUT2D eigenvalue weighted by atomic mass is 32.2. The Bertz CT molecular complexity index is 822. The second-order valence-electron chi connectivity index (χ2n) is 5.37. The lowest BCUT2D eigenvalue weighted by atomic mass is 10.1. The Hall–Kier alpha value is -2.80. The van der Waals surface area contributed by atoms with Crippen molar-refractivity contribution < 1.29 is 14.6 Å². The van der Waals surface area contributed by atoms with Gasteiger partial charge in [0.25, 0.3) is 0 Å². The highest BCUT2D eigenvalue weighted by molar-refractivity contribution is 8.15. The number of phenolic OH excluding ortho intramolecular Hbond substituents is 1. The Balaban J connectivity index is 1.64. The maximum absolute atomic E-state index is 12.0. The second-order valence-corrected chi connectivity index (χ2v) is 6.56. The number of hydrogen-bond acceptors (Lipinski definition) is 6. The zero-order chi connectivity index (χ0) is 17.6. The lowest BCUT2D eigenvalue weighted by molar-refractivity contribution is -0.118. The first kappa shape index (κ1) is 17.0. The van der Waals surface area contributed by atoms with Gasteiger partial charge in [0.15, 0.2) is 16.7 Å². The number of ether oxygens (including phenoxy) is 1. The Morgan fingerprint density at radius 1 is 1.28 bits per heavy atom. The third kappa shape index (κ3) is 4.39. The van der Waals surface area contributed by atoms with E-state index >= 15 is 0 Å². The Kier molecular flexibility index (Phi) is 5.35. The van der Waals surface area contributed by atoms with Crippen LogP contribution in [0, 0.1) is 0 Å². The van der Waals surface area contributed by atoms with Gasteiger partial charge in [-0.15, -0.1) is 5.10 Å². The first-order chi connectivity index (χ1) is 12.2. The minimum atomic E-state index is -0.204. The minimum absolute atomic E-state index is 0.0610. The molecule has 2 aromatic rings. The van der Waals surface area contributed by atoms with Crippen molar-refractivity contribution in [1.82, 2.24) is 5.32 Å².